The quantitative estimate of drug-likeness (QED) is 0.792. The predicted octanol–water partition coefficient (Wildman–Crippen LogP) is 4.49. The Morgan fingerprint density at radius 3 is 2.75 bits per heavy atom. The van der Waals surface area contributed by atoms with Gasteiger partial charge in [0.15, 0.2) is 0 Å². The standard InChI is InChI=1S/C16H11Cl2N3O2S/c17-11-5-4-10(12(18)8-11)7-13-15(22)21(16(23)24-13)9-20-14-3-1-2-6-19-14/h1-8H,9H2,(H,19,20)/b13-7+. The van der Waals surface area contributed by atoms with Crippen molar-refractivity contribution in [1.82, 2.24) is 9.88 Å². The molecule has 0 unspecified atom stereocenters. The third-order valence-corrected chi connectivity index (χ3v) is 4.68. The minimum atomic E-state index is -0.376. The molecule has 2 amide bonds. The van der Waals surface area contributed by atoms with E-state index in [2.05, 4.69) is 10.3 Å². The van der Waals surface area contributed by atoms with Crippen molar-refractivity contribution in [2.24, 2.45) is 0 Å². The molecule has 2 heterocycles. The van der Waals surface area contributed by atoms with Crippen LogP contribution in [0.1, 0.15) is 5.56 Å². The highest BCUT2D eigenvalue weighted by Crippen LogP contribution is 2.33. The topological polar surface area (TPSA) is 62.3 Å². The normalized spacial score (nSPS) is 16.1. The van der Waals surface area contributed by atoms with E-state index in [4.69, 9.17) is 23.2 Å². The molecular formula is C16H11Cl2N3O2S. The van der Waals surface area contributed by atoms with Crippen molar-refractivity contribution >= 4 is 58.0 Å². The number of rotatable bonds is 4. The zero-order valence-electron chi connectivity index (χ0n) is 12.2. The van der Waals surface area contributed by atoms with Crippen LogP contribution in [0.3, 0.4) is 0 Å². The summed E-state index contributed by atoms with van der Waals surface area (Å²) in [6, 6.07) is 10.3. The molecule has 8 heteroatoms. The zero-order valence-corrected chi connectivity index (χ0v) is 14.5. The minimum Gasteiger partial charge on any atom is -0.352 e. The molecule has 122 valence electrons. The van der Waals surface area contributed by atoms with Crippen molar-refractivity contribution in [1.29, 1.82) is 0 Å². The first-order valence-corrected chi connectivity index (χ1v) is 8.47. The number of carbonyl (C=O) groups excluding carboxylic acids is 2. The average Bonchev–Trinajstić information content (AvgIpc) is 2.83. The molecule has 5 nitrogen and oxygen atoms in total. The molecule has 1 aliphatic heterocycles. The second-order valence-corrected chi connectivity index (χ2v) is 6.66. The number of anilines is 1. The molecule has 24 heavy (non-hydrogen) atoms. The maximum absolute atomic E-state index is 12.4. The third kappa shape index (κ3) is 3.72. The molecule has 1 aliphatic rings. The van der Waals surface area contributed by atoms with Crippen LogP contribution >= 0.6 is 35.0 Å². The number of carbonyl (C=O) groups is 2. The molecule has 0 aliphatic carbocycles. The molecule has 1 saturated heterocycles. The highest BCUT2D eigenvalue weighted by Gasteiger charge is 2.34. The maximum Gasteiger partial charge on any atom is 0.295 e. The number of amides is 2. The van der Waals surface area contributed by atoms with E-state index < -0.39 is 0 Å². The van der Waals surface area contributed by atoms with Crippen molar-refractivity contribution in [3.8, 4) is 0 Å². The Bertz CT molecular complexity index is 827. The van der Waals surface area contributed by atoms with Crippen molar-refractivity contribution in [3.63, 3.8) is 0 Å². The van der Waals surface area contributed by atoms with Crippen molar-refractivity contribution in [2.75, 3.05) is 12.0 Å². The van der Waals surface area contributed by atoms with Crippen LogP contribution < -0.4 is 5.32 Å². The van der Waals surface area contributed by atoms with Gasteiger partial charge < -0.3 is 5.32 Å². The van der Waals surface area contributed by atoms with Gasteiger partial charge in [-0.05, 0) is 47.7 Å². The number of hydrogen-bond acceptors (Lipinski definition) is 5. The lowest BCUT2D eigenvalue weighted by Gasteiger charge is -2.13. The van der Waals surface area contributed by atoms with E-state index in [9.17, 15) is 9.59 Å². The molecule has 2 aromatic rings. The number of nitrogens with zero attached hydrogens (tertiary/aromatic N) is 2. The van der Waals surface area contributed by atoms with E-state index in [1.54, 1.807) is 42.6 Å². The van der Waals surface area contributed by atoms with Crippen LogP contribution in [0.5, 0.6) is 0 Å². The molecule has 0 saturated carbocycles. The number of nitrogens with one attached hydrogen (secondary N) is 1. The summed E-state index contributed by atoms with van der Waals surface area (Å²) in [6.07, 6.45) is 3.21. The summed E-state index contributed by atoms with van der Waals surface area (Å²) in [5.74, 6) is 0.209. The van der Waals surface area contributed by atoms with Gasteiger partial charge in [0.2, 0.25) is 0 Å². The first-order valence-electron chi connectivity index (χ1n) is 6.90. The average molecular weight is 380 g/mol. The van der Waals surface area contributed by atoms with Crippen LogP contribution in [0.25, 0.3) is 6.08 Å². The van der Waals surface area contributed by atoms with Crippen LogP contribution in [0.15, 0.2) is 47.5 Å². The van der Waals surface area contributed by atoms with E-state index >= 15 is 0 Å². The van der Waals surface area contributed by atoms with E-state index in [1.807, 2.05) is 6.07 Å². The number of imide groups is 1. The second kappa shape index (κ2) is 7.25. The third-order valence-electron chi connectivity index (χ3n) is 3.21. The monoisotopic (exact) mass is 379 g/mol. The number of thioether (sulfide) groups is 1. The van der Waals surface area contributed by atoms with E-state index in [-0.39, 0.29) is 17.8 Å². The Morgan fingerprint density at radius 1 is 1.21 bits per heavy atom. The lowest BCUT2D eigenvalue weighted by atomic mass is 10.2. The number of aromatic nitrogens is 1. The van der Waals surface area contributed by atoms with Gasteiger partial charge in [0.25, 0.3) is 11.1 Å². The molecule has 1 N–H and O–H groups in total. The summed E-state index contributed by atoms with van der Waals surface area (Å²) in [6.45, 7) is 0.0490. The maximum atomic E-state index is 12.4. The number of halogens is 2. The Morgan fingerprint density at radius 2 is 2.04 bits per heavy atom. The van der Waals surface area contributed by atoms with Crippen molar-refractivity contribution < 1.29 is 9.59 Å². The van der Waals surface area contributed by atoms with Crippen LogP contribution in [0.2, 0.25) is 10.0 Å². The summed E-state index contributed by atoms with van der Waals surface area (Å²) in [7, 11) is 0. The van der Waals surface area contributed by atoms with E-state index in [1.165, 1.54) is 0 Å². The fraction of sp³-hybridized carbons (Fsp3) is 0.0625. The highest BCUT2D eigenvalue weighted by molar-refractivity contribution is 8.18. The predicted molar refractivity (Wildman–Crippen MR) is 97.0 cm³/mol. The van der Waals surface area contributed by atoms with Crippen LogP contribution in [0, 0.1) is 0 Å². The van der Waals surface area contributed by atoms with Crippen molar-refractivity contribution in [3.05, 3.63) is 63.1 Å². The first kappa shape index (κ1) is 16.8. The van der Waals surface area contributed by atoms with E-state index in [0.717, 1.165) is 16.7 Å². The summed E-state index contributed by atoms with van der Waals surface area (Å²) in [5.41, 5.74) is 0.629. The molecule has 0 atom stereocenters. The lowest BCUT2D eigenvalue weighted by Crippen LogP contribution is -2.33. The van der Waals surface area contributed by atoms with Gasteiger partial charge in [-0.25, -0.2) is 4.98 Å². The first-order chi connectivity index (χ1) is 11.5. The summed E-state index contributed by atoms with van der Waals surface area (Å²) in [5, 5.41) is 3.51. The largest absolute Gasteiger partial charge is 0.352 e. The van der Waals surface area contributed by atoms with Gasteiger partial charge in [0.05, 0.1) is 4.91 Å². The Labute approximate surface area is 152 Å². The molecule has 0 bridgehead atoms. The Kier molecular flexibility index (Phi) is 5.08. The minimum absolute atomic E-state index is 0.0490. The van der Waals surface area contributed by atoms with Gasteiger partial charge in [-0.2, -0.15) is 0 Å². The molecule has 1 fully saturated rings. The fourth-order valence-corrected chi connectivity index (χ4v) is 3.32. The lowest BCUT2D eigenvalue weighted by molar-refractivity contribution is -0.122. The number of pyridine rings is 1. The van der Waals surface area contributed by atoms with Gasteiger partial charge in [0.1, 0.15) is 12.5 Å². The fourth-order valence-electron chi connectivity index (χ4n) is 2.02. The van der Waals surface area contributed by atoms with Crippen LogP contribution in [0.4, 0.5) is 10.6 Å². The second-order valence-electron chi connectivity index (χ2n) is 4.83. The number of hydrogen-bond donors (Lipinski definition) is 1. The van der Waals surface area contributed by atoms with Crippen molar-refractivity contribution in [2.45, 2.75) is 0 Å². The molecule has 0 radical (unpaired) electrons. The highest BCUT2D eigenvalue weighted by atomic mass is 35.5. The number of benzene rings is 1. The Hall–Kier alpha value is -2.02. The smallest absolute Gasteiger partial charge is 0.295 e. The van der Waals surface area contributed by atoms with Gasteiger partial charge >= 0.3 is 0 Å². The molecule has 1 aromatic carbocycles. The molecule has 1 aromatic heterocycles. The van der Waals surface area contributed by atoms with Crippen LogP contribution in [-0.2, 0) is 4.79 Å². The van der Waals surface area contributed by atoms with Gasteiger partial charge in [0, 0.05) is 16.2 Å². The summed E-state index contributed by atoms with van der Waals surface area (Å²) in [4.78, 5) is 30.0. The van der Waals surface area contributed by atoms with Crippen LogP contribution in [-0.4, -0.2) is 27.7 Å². The summed E-state index contributed by atoms with van der Waals surface area (Å²) < 4.78 is 0. The summed E-state index contributed by atoms with van der Waals surface area (Å²) >= 11 is 12.8. The zero-order chi connectivity index (χ0) is 17.1. The molecule has 3 rings (SSSR count). The van der Waals surface area contributed by atoms with E-state index in [0.29, 0.717) is 26.3 Å². The van der Waals surface area contributed by atoms with Gasteiger partial charge in [-0.3, -0.25) is 14.5 Å². The van der Waals surface area contributed by atoms with Gasteiger partial charge in [-0.15, -0.1) is 0 Å². The Balaban J connectivity index is 1.75. The SMILES string of the molecule is O=C1S/C(=C/c2ccc(Cl)cc2Cl)C(=O)N1CNc1ccccn1. The van der Waals surface area contributed by atoms with Gasteiger partial charge in [-0.1, -0.05) is 35.3 Å². The molecule has 0 spiro atoms. The molecular weight excluding hydrogens is 369 g/mol.